The summed E-state index contributed by atoms with van der Waals surface area (Å²) in [6, 6.07) is -0.830. The zero-order chi connectivity index (χ0) is 13.5. The van der Waals surface area contributed by atoms with Crippen LogP contribution < -0.4 is 11.1 Å². The predicted octanol–water partition coefficient (Wildman–Crippen LogP) is 1.26. The molecule has 0 fully saturated rings. The highest BCUT2D eigenvalue weighted by atomic mass is 16.4. The third kappa shape index (κ3) is 4.73. The minimum Gasteiger partial charge on any atom is -0.480 e. The Bertz CT molecular complexity index is 262. The Morgan fingerprint density at radius 2 is 1.82 bits per heavy atom. The Kier molecular flexibility index (Phi) is 6.80. The van der Waals surface area contributed by atoms with Crippen molar-refractivity contribution in [1.82, 2.24) is 5.32 Å². The van der Waals surface area contributed by atoms with E-state index in [1.807, 2.05) is 20.8 Å². The average Bonchev–Trinajstić information content (AvgIpc) is 2.32. The van der Waals surface area contributed by atoms with Crippen LogP contribution in [0.15, 0.2) is 0 Å². The molecule has 0 aliphatic carbocycles. The fraction of sp³-hybridized carbons (Fsp3) is 0.833. The van der Waals surface area contributed by atoms with Crippen LogP contribution in [0, 0.1) is 0 Å². The van der Waals surface area contributed by atoms with Crippen molar-refractivity contribution in [3.63, 3.8) is 0 Å². The third-order valence-electron chi connectivity index (χ3n) is 3.16. The highest BCUT2D eigenvalue weighted by Crippen LogP contribution is 2.12. The molecule has 0 rings (SSSR count). The van der Waals surface area contributed by atoms with E-state index >= 15 is 0 Å². The lowest BCUT2D eigenvalue weighted by molar-refractivity contribution is -0.143. The number of amides is 1. The number of nitrogens with two attached hydrogens (primary N) is 1. The van der Waals surface area contributed by atoms with Gasteiger partial charge in [-0.2, -0.15) is 0 Å². The zero-order valence-corrected chi connectivity index (χ0v) is 11.0. The zero-order valence-electron chi connectivity index (χ0n) is 11.0. The Hall–Kier alpha value is -1.10. The van der Waals surface area contributed by atoms with Gasteiger partial charge in [0, 0.05) is 0 Å². The van der Waals surface area contributed by atoms with Crippen LogP contribution in [0.1, 0.15) is 52.9 Å². The maximum atomic E-state index is 11.9. The van der Waals surface area contributed by atoms with Gasteiger partial charge in [-0.25, -0.2) is 4.79 Å². The summed E-state index contributed by atoms with van der Waals surface area (Å²) in [4.78, 5) is 22.9. The number of carbonyl (C=O) groups excluding carboxylic acids is 1. The molecule has 0 heterocycles. The molecule has 0 aromatic carbocycles. The molecular weight excluding hydrogens is 220 g/mol. The largest absolute Gasteiger partial charge is 0.480 e. The van der Waals surface area contributed by atoms with Crippen LogP contribution in [-0.2, 0) is 9.59 Å². The minimum absolute atomic E-state index is 0.369. The van der Waals surface area contributed by atoms with Gasteiger partial charge in [-0.15, -0.1) is 0 Å². The van der Waals surface area contributed by atoms with Crippen LogP contribution in [0.25, 0.3) is 0 Å². The van der Waals surface area contributed by atoms with Crippen LogP contribution in [0.2, 0.25) is 0 Å². The van der Waals surface area contributed by atoms with Gasteiger partial charge in [0.05, 0.1) is 5.54 Å². The molecular formula is C12H24N2O3. The summed E-state index contributed by atoms with van der Waals surface area (Å²) in [5, 5.41) is 11.5. The minimum atomic E-state index is -0.999. The molecule has 1 atom stereocenters. The lowest BCUT2D eigenvalue weighted by atomic mass is 9.92. The molecule has 1 amide bonds. The quantitative estimate of drug-likeness (QED) is 0.599. The van der Waals surface area contributed by atoms with Crippen LogP contribution in [0.4, 0.5) is 0 Å². The number of hydrogen-bond acceptors (Lipinski definition) is 3. The summed E-state index contributed by atoms with van der Waals surface area (Å²) in [6.45, 7) is 5.63. The maximum Gasteiger partial charge on any atom is 0.326 e. The molecule has 0 bridgehead atoms. The number of carbonyl (C=O) groups is 2. The monoisotopic (exact) mass is 244 g/mol. The van der Waals surface area contributed by atoms with E-state index in [-0.39, 0.29) is 5.91 Å². The molecule has 0 unspecified atom stereocenters. The SMILES string of the molecule is CCCC[C@H](NC(=O)C(N)(CC)CC)C(=O)O. The van der Waals surface area contributed by atoms with Crippen molar-refractivity contribution in [3.05, 3.63) is 0 Å². The van der Waals surface area contributed by atoms with Crippen LogP contribution in [0.3, 0.4) is 0 Å². The molecule has 0 aliphatic heterocycles. The van der Waals surface area contributed by atoms with E-state index in [1.54, 1.807) is 0 Å². The summed E-state index contributed by atoms with van der Waals surface area (Å²) in [5.41, 5.74) is 4.95. The molecule has 0 saturated carbocycles. The summed E-state index contributed by atoms with van der Waals surface area (Å²) in [5.74, 6) is -1.37. The molecule has 0 radical (unpaired) electrons. The fourth-order valence-corrected chi connectivity index (χ4v) is 1.54. The van der Waals surface area contributed by atoms with Crippen molar-refractivity contribution < 1.29 is 14.7 Å². The smallest absolute Gasteiger partial charge is 0.326 e. The van der Waals surface area contributed by atoms with Gasteiger partial charge in [-0.1, -0.05) is 33.6 Å². The van der Waals surface area contributed by atoms with E-state index in [2.05, 4.69) is 5.32 Å². The fourth-order valence-electron chi connectivity index (χ4n) is 1.54. The number of carboxylic acids is 1. The molecule has 0 aromatic heterocycles. The van der Waals surface area contributed by atoms with Crippen LogP contribution >= 0.6 is 0 Å². The topological polar surface area (TPSA) is 92.4 Å². The standard InChI is InChI=1S/C12H24N2O3/c1-4-7-8-9(10(15)16)14-11(17)12(13,5-2)6-3/h9H,4-8,13H2,1-3H3,(H,14,17)(H,15,16)/t9-/m0/s1. The molecule has 17 heavy (non-hydrogen) atoms. The van der Waals surface area contributed by atoms with E-state index in [0.29, 0.717) is 19.3 Å². The summed E-state index contributed by atoms with van der Waals surface area (Å²) in [6.07, 6.45) is 3.11. The molecule has 5 heteroatoms. The third-order valence-corrected chi connectivity index (χ3v) is 3.16. The van der Waals surface area contributed by atoms with Crippen molar-refractivity contribution in [2.45, 2.75) is 64.5 Å². The highest BCUT2D eigenvalue weighted by Gasteiger charge is 2.32. The summed E-state index contributed by atoms with van der Waals surface area (Å²) in [7, 11) is 0. The van der Waals surface area contributed by atoms with Gasteiger partial charge in [0.15, 0.2) is 0 Å². The van der Waals surface area contributed by atoms with E-state index < -0.39 is 17.6 Å². The average molecular weight is 244 g/mol. The number of nitrogens with one attached hydrogen (secondary N) is 1. The summed E-state index contributed by atoms with van der Waals surface area (Å²) < 4.78 is 0. The van der Waals surface area contributed by atoms with Gasteiger partial charge < -0.3 is 16.2 Å². The van der Waals surface area contributed by atoms with Gasteiger partial charge >= 0.3 is 5.97 Å². The molecule has 100 valence electrons. The van der Waals surface area contributed by atoms with Gasteiger partial charge in [0.1, 0.15) is 6.04 Å². The van der Waals surface area contributed by atoms with Crippen molar-refractivity contribution in [3.8, 4) is 0 Å². The Morgan fingerprint density at radius 1 is 1.29 bits per heavy atom. The lowest BCUT2D eigenvalue weighted by Gasteiger charge is -2.27. The second-order valence-electron chi connectivity index (χ2n) is 4.37. The van der Waals surface area contributed by atoms with E-state index in [4.69, 9.17) is 10.8 Å². The number of rotatable bonds is 8. The number of hydrogen-bond donors (Lipinski definition) is 3. The van der Waals surface area contributed by atoms with Crippen LogP contribution in [-0.4, -0.2) is 28.6 Å². The summed E-state index contributed by atoms with van der Waals surface area (Å²) >= 11 is 0. The predicted molar refractivity (Wildman–Crippen MR) is 66.6 cm³/mol. The first-order valence-electron chi connectivity index (χ1n) is 6.23. The normalized spacial score (nSPS) is 13.2. The molecule has 4 N–H and O–H groups in total. The second kappa shape index (κ2) is 7.27. The van der Waals surface area contributed by atoms with E-state index in [1.165, 1.54) is 0 Å². The van der Waals surface area contributed by atoms with Crippen molar-refractivity contribution in [1.29, 1.82) is 0 Å². The first kappa shape index (κ1) is 15.9. The lowest BCUT2D eigenvalue weighted by Crippen LogP contribution is -2.56. The number of unbranched alkanes of at least 4 members (excludes halogenated alkanes) is 1. The van der Waals surface area contributed by atoms with Gasteiger partial charge in [0.25, 0.3) is 0 Å². The Balaban J connectivity index is 4.54. The molecule has 0 aliphatic rings. The van der Waals surface area contributed by atoms with Crippen molar-refractivity contribution in [2.75, 3.05) is 0 Å². The van der Waals surface area contributed by atoms with E-state index in [0.717, 1.165) is 12.8 Å². The molecule has 0 spiro atoms. The Morgan fingerprint density at radius 3 is 2.18 bits per heavy atom. The first-order chi connectivity index (χ1) is 7.91. The maximum absolute atomic E-state index is 11.9. The molecule has 0 aromatic rings. The van der Waals surface area contributed by atoms with Crippen LogP contribution in [0.5, 0.6) is 0 Å². The van der Waals surface area contributed by atoms with Gasteiger partial charge in [-0.3, -0.25) is 4.79 Å². The van der Waals surface area contributed by atoms with E-state index in [9.17, 15) is 9.59 Å². The van der Waals surface area contributed by atoms with Gasteiger partial charge in [0.2, 0.25) is 5.91 Å². The highest BCUT2D eigenvalue weighted by molar-refractivity contribution is 5.89. The van der Waals surface area contributed by atoms with Crippen molar-refractivity contribution >= 4 is 11.9 Å². The van der Waals surface area contributed by atoms with Gasteiger partial charge in [-0.05, 0) is 19.3 Å². The van der Waals surface area contributed by atoms with Crippen molar-refractivity contribution in [2.24, 2.45) is 5.73 Å². The second-order valence-corrected chi connectivity index (χ2v) is 4.37. The Labute approximate surface area is 103 Å². The molecule has 0 saturated heterocycles. The first-order valence-corrected chi connectivity index (χ1v) is 6.23. The molecule has 5 nitrogen and oxygen atoms in total. The number of carboxylic acid groups (broad SMARTS) is 1. The number of aliphatic carboxylic acids is 1.